The third-order valence-corrected chi connectivity index (χ3v) is 3.84. The zero-order chi connectivity index (χ0) is 13.5. The standard InChI is InChI=1S/C17H27NO/c1-14(2)19-17-11-7-6-10-16(17)18-13-12-15-8-4-3-5-9-15/h6-7,10-11,14-15,18H,3-5,8-9,12-13H2,1-2H3. The first-order valence-electron chi connectivity index (χ1n) is 7.75. The topological polar surface area (TPSA) is 21.3 Å². The monoisotopic (exact) mass is 261 g/mol. The Hall–Kier alpha value is -1.18. The van der Waals surface area contributed by atoms with Crippen LogP contribution in [-0.4, -0.2) is 12.6 Å². The number of hydrogen-bond acceptors (Lipinski definition) is 2. The summed E-state index contributed by atoms with van der Waals surface area (Å²) in [5, 5.41) is 3.54. The molecule has 0 bridgehead atoms. The quantitative estimate of drug-likeness (QED) is 0.790. The molecular weight excluding hydrogens is 234 g/mol. The first-order chi connectivity index (χ1) is 9.25. The van der Waals surface area contributed by atoms with E-state index in [-0.39, 0.29) is 6.10 Å². The van der Waals surface area contributed by atoms with Gasteiger partial charge in [-0.3, -0.25) is 0 Å². The van der Waals surface area contributed by atoms with Crippen LogP contribution < -0.4 is 10.1 Å². The second-order valence-corrected chi connectivity index (χ2v) is 5.88. The fourth-order valence-electron chi connectivity index (χ4n) is 2.86. The van der Waals surface area contributed by atoms with Crippen LogP contribution in [0.15, 0.2) is 24.3 Å². The number of anilines is 1. The van der Waals surface area contributed by atoms with E-state index < -0.39 is 0 Å². The van der Waals surface area contributed by atoms with Crippen LogP contribution in [-0.2, 0) is 0 Å². The molecule has 0 amide bonds. The first-order valence-corrected chi connectivity index (χ1v) is 7.75. The molecule has 0 saturated heterocycles. The summed E-state index contributed by atoms with van der Waals surface area (Å²) in [5.74, 6) is 1.90. The van der Waals surface area contributed by atoms with Gasteiger partial charge >= 0.3 is 0 Å². The van der Waals surface area contributed by atoms with Gasteiger partial charge in [-0.1, -0.05) is 44.2 Å². The third kappa shape index (κ3) is 4.77. The molecule has 0 unspecified atom stereocenters. The Bertz CT molecular complexity index is 369. The summed E-state index contributed by atoms with van der Waals surface area (Å²) >= 11 is 0. The Morgan fingerprint density at radius 2 is 1.89 bits per heavy atom. The Balaban J connectivity index is 1.81. The summed E-state index contributed by atoms with van der Waals surface area (Å²) < 4.78 is 5.83. The van der Waals surface area contributed by atoms with Crippen molar-refractivity contribution in [2.45, 2.75) is 58.5 Å². The maximum Gasteiger partial charge on any atom is 0.142 e. The number of rotatable bonds is 6. The Morgan fingerprint density at radius 1 is 1.16 bits per heavy atom. The van der Waals surface area contributed by atoms with Crippen molar-refractivity contribution >= 4 is 5.69 Å². The molecule has 1 saturated carbocycles. The van der Waals surface area contributed by atoms with E-state index in [0.717, 1.165) is 23.9 Å². The van der Waals surface area contributed by atoms with Crippen molar-refractivity contribution in [3.8, 4) is 5.75 Å². The molecule has 106 valence electrons. The molecular formula is C17H27NO. The molecule has 1 aromatic rings. The summed E-state index contributed by atoms with van der Waals surface area (Å²) in [6.45, 7) is 5.20. The first kappa shape index (κ1) is 14.2. The van der Waals surface area contributed by atoms with E-state index in [0.29, 0.717) is 0 Å². The van der Waals surface area contributed by atoms with E-state index in [4.69, 9.17) is 4.74 Å². The van der Waals surface area contributed by atoms with Crippen molar-refractivity contribution < 1.29 is 4.74 Å². The second kappa shape index (κ2) is 7.42. The van der Waals surface area contributed by atoms with Gasteiger partial charge in [0, 0.05) is 6.54 Å². The number of hydrogen-bond donors (Lipinski definition) is 1. The van der Waals surface area contributed by atoms with E-state index in [1.54, 1.807) is 0 Å². The molecule has 1 fully saturated rings. The zero-order valence-electron chi connectivity index (χ0n) is 12.3. The maximum atomic E-state index is 5.83. The van der Waals surface area contributed by atoms with Crippen LogP contribution in [0.25, 0.3) is 0 Å². The second-order valence-electron chi connectivity index (χ2n) is 5.88. The molecule has 1 aliphatic carbocycles. The maximum absolute atomic E-state index is 5.83. The highest BCUT2D eigenvalue weighted by molar-refractivity contribution is 5.56. The minimum atomic E-state index is 0.223. The molecule has 0 spiro atoms. The number of ether oxygens (including phenoxy) is 1. The van der Waals surface area contributed by atoms with Crippen molar-refractivity contribution in [3.63, 3.8) is 0 Å². The highest BCUT2D eigenvalue weighted by Gasteiger charge is 2.13. The third-order valence-electron chi connectivity index (χ3n) is 3.84. The van der Waals surface area contributed by atoms with Gasteiger partial charge in [0.25, 0.3) is 0 Å². The summed E-state index contributed by atoms with van der Waals surface area (Å²) in [6.07, 6.45) is 8.65. The minimum absolute atomic E-state index is 0.223. The van der Waals surface area contributed by atoms with E-state index in [2.05, 4.69) is 31.3 Å². The van der Waals surface area contributed by atoms with Gasteiger partial charge in [-0.2, -0.15) is 0 Å². The van der Waals surface area contributed by atoms with E-state index in [1.165, 1.54) is 38.5 Å². The largest absolute Gasteiger partial charge is 0.489 e. The number of benzene rings is 1. The van der Waals surface area contributed by atoms with Crippen LogP contribution in [0, 0.1) is 5.92 Å². The molecule has 19 heavy (non-hydrogen) atoms. The van der Waals surface area contributed by atoms with Gasteiger partial charge in [-0.15, -0.1) is 0 Å². The van der Waals surface area contributed by atoms with E-state index in [9.17, 15) is 0 Å². The molecule has 1 N–H and O–H groups in total. The van der Waals surface area contributed by atoms with E-state index >= 15 is 0 Å². The van der Waals surface area contributed by atoms with Crippen LogP contribution in [0.5, 0.6) is 5.75 Å². The van der Waals surface area contributed by atoms with Crippen molar-refractivity contribution in [2.24, 2.45) is 5.92 Å². The van der Waals surface area contributed by atoms with Crippen LogP contribution >= 0.6 is 0 Å². The van der Waals surface area contributed by atoms with Gasteiger partial charge in [-0.25, -0.2) is 0 Å². The van der Waals surface area contributed by atoms with Gasteiger partial charge in [0.2, 0.25) is 0 Å². The minimum Gasteiger partial charge on any atom is -0.489 e. The molecule has 2 rings (SSSR count). The van der Waals surface area contributed by atoms with Gasteiger partial charge in [0.05, 0.1) is 11.8 Å². The molecule has 0 aromatic heterocycles. The Labute approximate surface area is 117 Å². The number of nitrogens with one attached hydrogen (secondary N) is 1. The lowest BCUT2D eigenvalue weighted by molar-refractivity contribution is 0.243. The average Bonchev–Trinajstić information content (AvgIpc) is 2.41. The highest BCUT2D eigenvalue weighted by Crippen LogP contribution is 2.28. The highest BCUT2D eigenvalue weighted by atomic mass is 16.5. The summed E-state index contributed by atoms with van der Waals surface area (Å²) in [4.78, 5) is 0. The zero-order valence-corrected chi connectivity index (χ0v) is 12.3. The molecule has 0 aliphatic heterocycles. The van der Waals surface area contributed by atoms with Crippen molar-refractivity contribution in [2.75, 3.05) is 11.9 Å². The molecule has 1 aliphatic rings. The molecule has 2 heteroatoms. The van der Waals surface area contributed by atoms with E-state index in [1.807, 2.05) is 12.1 Å². The average molecular weight is 261 g/mol. The smallest absolute Gasteiger partial charge is 0.142 e. The summed E-state index contributed by atoms with van der Waals surface area (Å²) in [5.41, 5.74) is 1.13. The van der Waals surface area contributed by atoms with Gasteiger partial charge < -0.3 is 10.1 Å². The lowest BCUT2D eigenvalue weighted by Gasteiger charge is -2.22. The molecule has 0 radical (unpaired) electrons. The normalized spacial score (nSPS) is 16.6. The van der Waals surface area contributed by atoms with Crippen molar-refractivity contribution in [1.29, 1.82) is 0 Å². The lowest BCUT2D eigenvalue weighted by atomic mass is 9.87. The van der Waals surface area contributed by atoms with Crippen molar-refractivity contribution in [1.82, 2.24) is 0 Å². The van der Waals surface area contributed by atoms with Crippen LogP contribution in [0.4, 0.5) is 5.69 Å². The predicted molar refractivity (Wildman–Crippen MR) is 81.9 cm³/mol. The molecule has 0 heterocycles. The summed E-state index contributed by atoms with van der Waals surface area (Å²) in [7, 11) is 0. The fourth-order valence-corrected chi connectivity index (χ4v) is 2.86. The fraction of sp³-hybridized carbons (Fsp3) is 0.647. The predicted octanol–water partition coefficient (Wildman–Crippen LogP) is 4.86. The molecule has 2 nitrogen and oxygen atoms in total. The Morgan fingerprint density at radius 3 is 2.63 bits per heavy atom. The van der Waals surface area contributed by atoms with Gasteiger partial charge in [0.15, 0.2) is 0 Å². The molecule has 0 atom stereocenters. The SMILES string of the molecule is CC(C)Oc1ccccc1NCCC1CCCCC1. The van der Waals surface area contributed by atoms with Crippen molar-refractivity contribution in [3.05, 3.63) is 24.3 Å². The Kier molecular flexibility index (Phi) is 5.56. The van der Waals surface area contributed by atoms with Crippen LogP contribution in [0.1, 0.15) is 52.4 Å². The summed E-state index contributed by atoms with van der Waals surface area (Å²) in [6, 6.07) is 8.25. The van der Waals surface area contributed by atoms with Gasteiger partial charge in [-0.05, 0) is 38.3 Å². The molecule has 1 aromatic carbocycles. The lowest BCUT2D eigenvalue weighted by Crippen LogP contribution is -2.13. The van der Waals surface area contributed by atoms with Crippen LogP contribution in [0.3, 0.4) is 0 Å². The van der Waals surface area contributed by atoms with Crippen LogP contribution in [0.2, 0.25) is 0 Å². The van der Waals surface area contributed by atoms with Gasteiger partial charge in [0.1, 0.15) is 5.75 Å². The number of para-hydroxylation sites is 2.